The summed E-state index contributed by atoms with van der Waals surface area (Å²) >= 11 is 15.2. The summed E-state index contributed by atoms with van der Waals surface area (Å²) in [5.41, 5.74) is -1.28. The van der Waals surface area contributed by atoms with Gasteiger partial charge in [0.2, 0.25) is 5.60 Å². The number of ether oxygens (including phenoxy) is 1. The number of aliphatic hydroxyl groups is 1. The highest BCUT2D eigenvalue weighted by Gasteiger charge is 2.41. The molecule has 116 valence electrons. The predicted octanol–water partition coefficient (Wildman–Crippen LogP) is 4.55. The molecule has 3 nitrogen and oxygen atoms in total. The minimum atomic E-state index is -1.95. The third-order valence-electron chi connectivity index (χ3n) is 3.17. The number of halogens is 3. The van der Waals surface area contributed by atoms with Crippen molar-refractivity contribution in [3.63, 3.8) is 0 Å². The van der Waals surface area contributed by atoms with Crippen LogP contribution in [0.2, 0.25) is 10.0 Å². The van der Waals surface area contributed by atoms with Gasteiger partial charge in [0, 0.05) is 10.0 Å². The monoisotopic (exact) mass is 402 g/mol. The number of hydrogen-bond donors (Lipinski definition) is 1. The average Bonchev–Trinajstić information content (AvgIpc) is 2.50. The van der Waals surface area contributed by atoms with Crippen molar-refractivity contribution in [3.8, 4) is 0 Å². The number of hydrogen-bond acceptors (Lipinski definition) is 3. The molecule has 2 aromatic carbocycles. The maximum absolute atomic E-state index is 12.4. The number of esters is 1. The first-order valence-corrected chi connectivity index (χ1v) is 8.05. The SMILES string of the molecule is CCOC(=O)C(O)(c1ccc(Br)cc1)c1ccc(Cl)c(Cl)c1. The second kappa shape index (κ2) is 7.01. The Balaban J connectivity index is 2.61. The summed E-state index contributed by atoms with van der Waals surface area (Å²) in [4.78, 5) is 12.4. The van der Waals surface area contributed by atoms with E-state index in [9.17, 15) is 9.90 Å². The summed E-state index contributed by atoms with van der Waals surface area (Å²) in [6.45, 7) is 1.83. The highest BCUT2D eigenvalue weighted by atomic mass is 79.9. The van der Waals surface area contributed by atoms with Crippen molar-refractivity contribution < 1.29 is 14.6 Å². The Morgan fingerprint density at radius 3 is 2.27 bits per heavy atom. The van der Waals surface area contributed by atoms with E-state index in [2.05, 4.69) is 15.9 Å². The van der Waals surface area contributed by atoms with Crippen molar-refractivity contribution in [1.82, 2.24) is 0 Å². The molecule has 0 heterocycles. The molecule has 1 unspecified atom stereocenters. The minimum Gasteiger partial charge on any atom is -0.463 e. The lowest BCUT2D eigenvalue weighted by atomic mass is 9.86. The molecule has 0 saturated carbocycles. The van der Waals surface area contributed by atoms with E-state index in [-0.39, 0.29) is 11.6 Å². The summed E-state index contributed by atoms with van der Waals surface area (Å²) < 4.78 is 5.87. The molecule has 1 N–H and O–H groups in total. The minimum absolute atomic E-state index is 0.152. The summed E-state index contributed by atoms with van der Waals surface area (Å²) in [7, 11) is 0. The molecule has 22 heavy (non-hydrogen) atoms. The molecule has 0 radical (unpaired) electrons. The summed E-state index contributed by atoms with van der Waals surface area (Å²) in [6, 6.07) is 11.3. The Kier molecular flexibility index (Phi) is 5.50. The average molecular weight is 404 g/mol. The van der Waals surface area contributed by atoms with E-state index >= 15 is 0 Å². The van der Waals surface area contributed by atoms with Gasteiger partial charge in [-0.3, -0.25) is 0 Å². The molecule has 2 rings (SSSR count). The van der Waals surface area contributed by atoms with Crippen LogP contribution in [0.1, 0.15) is 18.1 Å². The Morgan fingerprint density at radius 1 is 1.14 bits per heavy atom. The highest BCUT2D eigenvalue weighted by Crippen LogP contribution is 2.35. The molecule has 0 spiro atoms. The lowest BCUT2D eigenvalue weighted by Gasteiger charge is -2.27. The zero-order valence-electron chi connectivity index (χ0n) is 11.6. The van der Waals surface area contributed by atoms with Crippen molar-refractivity contribution in [2.45, 2.75) is 12.5 Å². The fourth-order valence-electron chi connectivity index (χ4n) is 2.05. The Morgan fingerprint density at radius 2 is 1.73 bits per heavy atom. The zero-order valence-corrected chi connectivity index (χ0v) is 14.7. The first-order chi connectivity index (χ1) is 10.4. The van der Waals surface area contributed by atoms with Crippen LogP contribution in [0.3, 0.4) is 0 Å². The summed E-state index contributed by atoms with van der Waals surface area (Å²) in [5.74, 6) is -0.768. The van der Waals surface area contributed by atoms with Crippen LogP contribution < -0.4 is 0 Å². The fourth-order valence-corrected chi connectivity index (χ4v) is 2.61. The number of carbonyl (C=O) groups excluding carboxylic acids is 1. The van der Waals surface area contributed by atoms with Crippen LogP contribution in [0.15, 0.2) is 46.9 Å². The first-order valence-electron chi connectivity index (χ1n) is 6.50. The van der Waals surface area contributed by atoms with Gasteiger partial charge in [0.1, 0.15) is 0 Å². The Bertz CT molecular complexity index is 688. The molecular weight excluding hydrogens is 391 g/mol. The van der Waals surface area contributed by atoms with Gasteiger partial charge in [-0.15, -0.1) is 0 Å². The van der Waals surface area contributed by atoms with Crippen molar-refractivity contribution >= 4 is 45.1 Å². The van der Waals surface area contributed by atoms with Crippen molar-refractivity contribution in [1.29, 1.82) is 0 Å². The number of benzene rings is 2. The van der Waals surface area contributed by atoms with E-state index in [0.29, 0.717) is 16.1 Å². The third kappa shape index (κ3) is 3.30. The quantitative estimate of drug-likeness (QED) is 0.761. The van der Waals surface area contributed by atoms with Crippen LogP contribution in [0.4, 0.5) is 0 Å². The molecule has 0 bridgehead atoms. The predicted molar refractivity (Wildman–Crippen MR) is 90.2 cm³/mol. The van der Waals surface area contributed by atoms with Gasteiger partial charge in [-0.2, -0.15) is 0 Å². The van der Waals surface area contributed by atoms with E-state index in [1.54, 1.807) is 37.3 Å². The Labute approximate surface area is 146 Å². The third-order valence-corrected chi connectivity index (χ3v) is 4.44. The van der Waals surface area contributed by atoms with Gasteiger partial charge in [-0.05, 0) is 36.8 Å². The van der Waals surface area contributed by atoms with E-state index in [1.807, 2.05) is 0 Å². The fraction of sp³-hybridized carbons (Fsp3) is 0.188. The molecule has 0 saturated heterocycles. The van der Waals surface area contributed by atoms with E-state index in [1.165, 1.54) is 12.1 Å². The smallest absolute Gasteiger partial charge is 0.347 e. The van der Waals surface area contributed by atoms with Gasteiger partial charge in [-0.1, -0.05) is 57.3 Å². The molecule has 6 heteroatoms. The van der Waals surface area contributed by atoms with Gasteiger partial charge in [0.15, 0.2) is 0 Å². The van der Waals surface area contributed by atoms with Crippen LogP contribution in [-0.4, -0.2) is 17.7 Å². The summed E-state index contributed by atoms with van der Waals surface area (Å²) in [5, 5.41) is 11.7. The summed E-state index contributed by atoms with van der Waals surface area (Å²) in [6.07, 6.45) is 0. The van der Waals surface area contributed by atoms with Gasteiger partial charge in [-0.25, -0.2) is 4.79 Å². The molecule has 0 amide bonds. The van der Waals surface area contributed by atoms with Crippen molar-refractivity contribution in [2.24, 2.45) is 0 Å². The van der Waals surface area contributed by atoms with Crippen molar-refractivity contribution in [3.05, 3.63) is 68.1 Å². The lowest BCUT2D eigenvalue weighted by Crippen LogP contribution is -2.38. The standard InChI is InChI=1S/C16H13BrCl2O3/c1-2-22-15(20)16(21,10-3-6-12(17)7-4-10)11-5-8-13(18)14(19)9-11/h3-9,21H,2H2,1H3. The van der Waals surface area contributed by atoms with Crippen LogP contribution >= 0.6 is 39.1 Å². The largest absolute Gasteiger partial charge is 0.463 e. The van der Waals surface area contributed by atoms with Crippen LogP contribution in [0.25, 0.3) is 0 Å². The van der Waals surface area contributed by atoms with Crippen LogP contribution in [0.5, 0.6) is 0 Å². The Hall–Kier alpha value is -1.07. The normalized spacial score (nSPS) is 13.5. The van der Waals surface area contributed by atoms with Crippen LogP contribution in [0, 0.1) is 0 Å². The lowest BCUT2D eigenvalue weighted by molar-refractivity contribution is -0.161. The molecule has 0 aliphatic carbocycles. The molecule has 0 aliphatic rings. The molecule has 1 atom stereocenters. The van der Waals surface area contributed by atoms with Gasteiger partial charge >= 0.3 is 5.97 Å². The first kappa shape index (κ1) is 17.3. The molecule has 0 aromatic heterocycles. The zero-order chi connectivity index (χ0) is 16.3. The van der Waals surface area contributed by atoms with Gasteiger partial charge in [0.25, 0.3) is 0 Å². The molecular formula is C16H13BrCl2O3. The maximum Gasteiger partial charge on any atom is 0.347 e. The van der Waals surface area contributed by atoms with Crippen LogP contribution in [-0.2, 0) is 15.1 Å². The molecule has 0 fully saturated rings. The number of rotatable bonds is 4. The highest BCUT2D eigenvalue weighted by molar-refractivity contribution is 9.10. The van der Waals surface area contributed by atoms with Crippen molar-refractivity contribution in [2.75, 3.05) is 6.61 Å². The van der Waals surface area contributed by atoms with Gasteiger partial charge in [0.05, 0.1) is 16.7 Å². The van der Waals surface area contributed by atoms with E-state index in [4.69, 9.17) is 27.9 Å². The second-order valence-electron chi connectivity index (χ2n) is 4.57. The molecule has 2 aromatic rings. The maximum atomic E-state index is 12.4. The number of carbonyl (C=O) groups is 1. The molecule has 0 aliphatic heterocycles. The van der Waals surface area contributed by atoms with E-state index in [0.717, 1.165) is 4.47 Å². The van der Waals surface area contributed by atoms with Gasteiger partial charge < -0.3 is 9.84 Å². The van der Waals surface area contributed by atoms with E-state index < -0.39 is 11.6 Å². The second-order valence-corrected chi connectivity index (χ2v) is 6.30. The topological polar surface area (TPSA) is 46.5 Å².